The highest BCUT2D eigenvalue weighted by Crippen LogP contribution is 2.23. The molecular weight excluding hydrogens is 263 g/mol. The normalized spacial score (nSPS) is 14.8. The second-order valence-electron chi connectivity index (χ2n) is 3.68. The molecule has 0 unspecified atom stereocenters. The van der Waals surface area contributed by atoms with Gasteiger partial charge in [-0.3, -0.25) is 0 Å². The number of ether oxygens (including phenoxy) is 2. The van der Waals surface area contributed by atoms with Crippen LogP contribution in [0.5, 0.6) is 5.75 Å². The Kier molecular flexibility index (Phi) is 5.31. The number of carbonyl (C=O) groups excluding carboxylic acids is 1. The predicted molar refractivity (Wildman–Crippen MR) is 61.5 cm³/mol. The molecule has 0 radical (unpaired) electrons. The third-order valence-corrected chi connectivity index (χ3v) is 2.24. The highest BCUT2D eigenvalue weighted by molar-refractivity contribution is 5.78. The summed E-state index contributed by atoms with van der Waals surface area (Å²) in [5.41, 5.74) is 4.98. The summed E-state index contributed by atoms with van der Waals surface area (Å²) < 4.78 is 47.1. The van der Waals surface area contributed by atoms with E-state index in [1.165, 1.54) is 19.1 Å². The van der Waals surface area contributed by atoms with Crippen LogP contribution >= 0.6 is 0 Å². The maximum Gasteiger partial charge on any atom is 0.406 e. The molecule has 0 amide bonds. The summed E-state index contributed by atoms with van der Waals surface area (Å²) in [6, 6.07) is 5.31. The summed E-state index contributed by atoms with van der Waals surface area (Å²) >= 11 is 0. The van der Waals surface area contributed by atoms with Gasteiger partial charge in [-0.05, 0) is 19.1 Å². The Morgan fingerprint density at radius 1 is 1.32 bits per heavy atom. The van der Waals surface area contributed by atoms with E-state index in [2.05, 4.69) is 0 Å². The molecule has 0 saturated carbocycles. The molecule has 1 aromatic carbocycles. The maximum atomic E-state index is 12.5. The summed E-state index contributed by atoms with van der Waals surface area (Å²) in [6.45, 7) is 1.38. The number of carbonyl (C=O) groups is 1. The maximum absolute atomic E-state index is 12.5. The SMILES string of the molecule is CCO[C@H](C(=O)Oc1ccccc1)[C@H](N)C(F)(F)F. The monoisotopic (exact) mass is 277 g/mol. The molecule has 0 aliphatic rings. The Hall–Kier alpha value is -1.60. The molecule has 0 aliphatic heterocycles. The fourth-order valence-corrected chi connectivity index (χ4v) is 1.33. The zero-order valence-corrected chi connectivity index (χ0v) is 10.2. The summed E-state index contributed by atoms with van der Waals surface area (Å²) in [5, 5.41) is 0. The Bertz CT molecular complexity index is 408. The number of rotatable bonds is 5. The average molecular weight is 277 g/mol. The number of esters is 1. The second-order valence-corrected chi connectivity index (χ2v) is 3.68. The first-order chi connectivity index (χ1) is 8.86. The van der Waals surface area contributed by atoms with Crippen molar-refractivity contribution in [2.45, 2.75) is 25.2 Å². The number of alkyl halides is 3. The minimum absolute atomic E-state index is 0.0850. The third kappa shape index (κ3) is 4.53. The summed E-state index contributed by atoms with van der Waals surface area (Å²) in [5.74, 6) is -1.04. The predicted octanol–water partition coefficient (Wildman–Crippen LogP) is 1.89. The van der Waals surface area contributed by atoms with Gasteiger partial charge in [0.2, 0.25) is 0 Å². The van der Waals surface area contributed by atoms with Crippen molar-refractivity contribution in [3.8, 4) is 5.75 Å². The Balaban J connectivity index is 2.79. The van der Waals surface area contributed by atoms with Crippen molar-refractivity contribution in [2.75, 3.05) is 6.61 Å². The van der Waals surface area contributed by atoms with Crippen molar-refractivity contribution in [3.05, 3.63) is 30.3 Å². The van der Waals surface area contributed by atoms with Crippen molar-refractivity contribution in [3.63, 3.8) is 0 Å². The molecule has 106 valence electrons. The fourth-order valence-electron chi connectivity index (χ4n) is 1.33. The molecule has 4 nitrogen and oxygen atoms in total. The second kappa shape index (κ2) is 6.53. The van der Waals surface area contributed by atoms with Crippen LogP contribution in [-0.2, 0) is 9.53 Å². The lowest BCUT2D eigenvalue weighted by atomic mass is 10.1. The average Bonchev–Trinajstić information content (AvgIpc) is 2.35. The van der Waals surface area contributed by atoms with E-state index >= 15 is 0 Å². The van der Waals surface area contributed by atoms with E-state index in [1.807, 2.05) is 0 Å². The molecule has 0 aliphatic carbocycles. The van der Waals surface area contributed by atoms with Crippen LogP contribution in [0.2, 0.25) is 0 Å². The molecule has 0 bridgehead atoms. The van der Waals surface area contributed by atoms with Crippen LogP contribution in [0.25, 0.3) is 0 Å². The molecule has 0 aromatic heterocycles. The van der Waals surface area contributed by atoms with E-state index in [-0.39, 0.29) is 12.4 Å². The summed E-state index contributed by atoms with van der Waals surface area (Å²) in [6.07, 6.45) is -6.62. The van der Waals surface area contributed by atoms with Gasteiger partial charge in [-0.25, -0.2) is 4.79 Å². The highest BCUT2D eigenvalue weighted by atomic mass is 19.4. The van der Waals surface area contributed by atoms with Crippen molar-refractivity contribution < 1.29 is 27.4 Å². The van der Waals surface area contributed by atoms with Gasteiger partial charge in [0.1, 0.15) is 11.8 Å². The standard InChI is InChI=1S/C12H14F3NO3/c1-2-18-9(10(16)12(13,14)15)11(17)19-8-6-4-3-5-7-8/h3-7,9-10H,2,16H2,1H3/t9-,10-/m0/s1. The van der Waals surface area contributed by atoms with Gasteiger partial charge in [0.05, 0.1) is 0 Å². The van der Waals surface area contributed by atoms with Crippen molar-refractivity contribution in [1.82, 2.24) is 0 Å². The lowest BCUT2D eigenvalue weighted by Crippen LogP contribution is -2.53. The molecule has 2 atom stereocenters. The molecule has 2 N–H and O–H groups in total. The van der Waals surface area contributed by atoms with Crippen LogP contribution in [0.4, 0.5) is 13.2 Å². The largest absolute Gasteiger partial charge is 0.425 e. The number of hydrogen-bond acceptors (Lipinski definition) is 4. The topological polar surface area (TPSA) is 61.5 Å². The lowest BCUT2D eigenvalue weighted by molar-refractivity contribution is -0.187. The Morgan fingerprint density at radius 2 is 1.89 bits per heavy atom. The zero-order valence-electron chi connectivity index (χ0n) is 10.2. The van der Waals surface area contributed by atoms with E-state index in [0.717, 1.165) is 0 Å². The highest BCUT2D eigenvalue weighted by Gasteiger charge is 2.46. The third-order valence-electron chi connectivity index (χ3n) is 2.24. The van der Waals surface area contributed by atoms with E-state index in [1.54, 1.807) is 18.2 Å². The minimum Gasteiger partial charge on any atom is -0.425 e. The van der Waals surface area contributed by atoms with Gasteiger partial charge in [-0.15, -0.1) is 0 Å². The zero-order chi connectivity index (χ0) is 14.5. The first-order valence-electron chi connectivity index (χ1n) is 5.57. The van der Waals surface area contributed by atoms with Crippen molar-refractivity contribution in [2.24, 2.45) is 5.73 Å². The molecule has 0 spiro atoms. The number of benzene rings is 1. The Labute approximate surface area is 108 Å². The van der Waals surface area contributed by atoms with Gasteiger partial charge in [-0.2, -0.15) is 13.2 Å². The van der Waals surface area contributed by atoms with E-state index in [0.29, 0.717) is 0 Å². The first kappa shape index (κ1) is 15.5. The molecule has 19 heavy (non-hydrogen) atoms. The lowest BCUT2D eigenvalue weighted by Gasteiger charge is -2.23. The van der Waals surface area contributed by atoms with Gasteiger partial charge in [0.15, 0.2) is 6.10 Å². The molecule has 7 heteroatoms. The van der Waals surface area contributed by atoms with E-state index < -0.39 is 24.3 Å². The molecule has 1 aromatic rings. The van der Waals surface area contributed by atoms with Gasteiger partial charge in [0, 0.05) is 6.61 Å². The fraction of sp³-hybridized carbons (Fsp3) is 0.417. The van der Waals surface area contributed by atoms with Crippen LogP contribution < -0.4 is 10.5 Å². The molecule has 0 saturated heterocycles. The Morgan fingerprint density at radius 3 is 2.37 bits per heavy atom. The van der Waals surface area contributed by atoms with Gasteiger partial charge >= 0.3 is 12.1 Å². The quantitative estimate of drug-likeness (QED) is 0.659. The van der Waals surface area contributed by atoms with Crippen molar-refractivity contribution in [1.29, 1.82) is 0 Å². The summed E-state index contributed by atoms with van der Waals surface area (Å²) in [7, 11) is 0. The number of halogens is 3. The van der Waals surface area contributed by atoms with Crippen LogP contribution in [0, 0.1) is 0 Å². The van der Waals surface area contributed by atoms with Crippen molar-refractivity contribution >= 4 is 5.97 Å². The van der Waals surface area contributed by atoms with Gasteiger partial charge in [0.25, 0.3) is 0 Å². The van der Waals surface area contributed by atoms with Gasteiger partial charge < -0.3 is 15.2 Å². The molecule has 0 fully saturated rings. The number of para-hydroxylation sites is 1. The van der Waals surface area contributed by atoms with Crippen LogP contribution in [0.1, 0.15) is 6.92 Å². The molecule has 1 rings (SSSR count). The number of nitrogens with two attached hydrogens (primary N) is 1. The van der Waals surface area contributed by atoms with Gasteiger partial charge in [-0.1, -0.05) is 18.2 Å². The summed E-state index contributed by atoms with van der Waals surface area (Å²) in [4.78, 5) is 11.7. The van der Waals surface area contributed by atoms with Crippen LogP contribution in [0.15, 0.2) is 30.3 Å². The minimum atomic E-state index is -4.74. The van der Waals surface area contributed by atoms with E-state index in [9.17, 15) is 18.0 Å². The van der Waals surface area contributed by atoms with Crippen LogP contribution in [0.3, 0.4) is 0 Å². The first-order valence-corrected chi connectivity index (χ1v) is 5.57. The molecular formula is C12H14F3NO3. The van der Waals surface area contributed by atoms with E-state index in [4.69, 9.17) is 15.2 Å². The molecule has 0 heterocycles. The van der Waals surface area contributed by atoms with Crippen LogP contribution in [-0.4, -0.2) is 30.9 Å². The smallest absolute Gasteiger partial charge is 0.406 e. The number of hydrogen-bond donors (Lipinski definition) is 1.